The smallest absolute Gasteiger partial charge is 0.254 e. The van der Waals surface area contributed by atoms with Gasteiger partial charge in [-0.2, -0.15) is 0 Å². The van der Waals surface area contributed by atoms with E-state index in [1.165, 1.54) is 0 Å². The first-order valence-electron chi connectivity index (χ1n) is 8.71. The van der Waals surface area contributed by atoms with Crippen LogP contribution in [-0.2, 0) is 0 Å². The topological polar surface area (TPSA) is 58.2 Å². The molecule has 0 aliphatic heterocycles. The summed E-state index contributed by atoms with van der Waals surface area (Å²) in [6.45, 7) is 0.289. The highest BCUT2D eigenvalue weighted by Gasteiger charge is 2.12. The second-order valence-electron chi connectivity index (χ2n) is 6.08. The van der Waals surface area contributed by atoms with E-state index in [1.807, 2.05) is 42.5 Å². The minimum absolute atomic E-state index is 0.115. The molecule has 0 aromatic heterocycles. The summed E-state index contributed by atoms with van der Waals surface area (Å²) < 4.78 is 26.4. The molecule has 0 unspecified atom stereocenters. The predicted molar refractivity (Wildman–Crippen MR) is 103 cm³/mol. The van der Waals surface area contributed by atoms with Crippen molar-refractivity contribution >= 4 is 11.8 Å². The lowest BCUT2D eigenvalue weighted by molar-refractivity contribution is 0.0925. The molecule has 0 fully saturated rings. The molecule has 0 aliphatic rings. The van der Waals surface area contributed by atoms with Gasteiger partial charge in [0.05, 0.1) is 5.56 Å². The monoisotopic (exact) mass is 380 g/mol. The zero-order valence-corrected chi connectivity index (χ0v) is 14.9. The Kier molecular flexibility index (Phi) is 6.11. The molecule has 0 heterocycles. The second kappa shape index (κ2) is 8.90. The zero-order chi connectivity index (χ0) is 19.9. The zero-order valence-electron chi connectivity index (χ0n) is 14.9. The lowest BCUT2D eigenvalue weighted by Gasteiger charge is -2.08. The first-order chi connectivity index (χ1) is 13.5. The number of rotatable bonds is 6. The highest BCUT2D eigenvalue weighted by atomic mass is 19.1. The third-order valence-electron chi connectivity index (χ3n) is 4.13. The average molecular weight is 380 g/mol. The summed E-state index contributed by atoms with van der Waals surface area (Å²) in [5.74, 6) is -2.62. The Balaban J connectivity index is 1.48. The van der Waals surface area contributed by atoms with Gasteiger partial charge in [0.15, 0.2) is 0 Å². The van der Waals surface area contributed by atoms with Crippen molar-refractivity contribution in [3.8, 4) is 11.1 Å². The van der Waals surface area contributed by atoms with E-state index < -0.39 is 17.5 Å². The molecule has 0 radical (unpaired) electrons. The molecule has 2 N–H and O–H groups in total. The molecule has 0 spiro atoms. The fourth-order valence-electron chi connectivity index (χ4n) is 2.67. The van der Waals surface area contributed by atoms with Gasteiger partial charge in [-0.05, 0) is 35.4 Å². The van der Waals surface area contributed by atoms with E-state index in [0.717, 1.165) is 23.3 Å². The van der Waals surface area contributed by atoms with Crippen molar-refractivity contribution in [1.29, 1.82) is 0 Å². The summed E-state index contributed by atoms with van der Waals surface area (Å²) >= 11 is 0. The maximum absolute atomic E-state index is 13.5. The maximum Gasteiger partial charge on any atom is 0.254 e. The molecule has 2 amide bonds. The minimum Gasteiger partial charge on any atom is -0.350 e. The van der Waals surface area contributed by atoms with Crippen molar-refractivity contribution in [2.45, 2.75) is 0 Å². The van der Waals surface area contributed by atoms with E-state index in [9.17, 15) is 18.4 Å². The molecule has 3 aromatic rings. The summed E-state index contributed by atoms with van der Waals surface area (Å²) in [6.07, 6.45) is 0. The van der Waals surface area contributed by atoms with Crippen LogP contribution in [0.5, 0.6) is 0 Å². The summed E-state index contributed by atoms with van der Waals surface area (Å²) in [5.41, 5.74) is 2.32. The van der Waals surface area contributed by atoms with Crippen LogP contribution in [0.1, 0.15) is 20.7 Å². The number of carbonyl (C=O) groups is 2. The van der Waals surface area contributed by atoms with Crippen LogP contribution in [0.2, 0.25) is 0 Å². The standard InChI is InChI=1S/C22H18F2N2O2/c23-18-10-11-19(20(24)14-18)22(28)26-13-12-25-21(27)17-8-6-16(7-9-17)15-4-2-1-3-5-15/h1-11,14H,12-13H2,(H,25,27)(H,26,28). The number of hydrogen-bond donors (Lipinski definition) is 2. The Labute approximate surface area is 161 Å². The van der Waals surface area contributed by atoms with E-state index in [-0.39, 0.29) is 24.6 Å². The van der Waals surface area contributed by atoms with Gasteiger partial charge in [-0.3, -0.25) is 9.59 Å². The lowest BCUT2D eigenvalue weighted by Crippen LogP contribution is -2.35. The van der Waals surface area contributed by atoms with Gasteiger partial charge in [-0.15, -0.1) is 0 Å². The molecule has 28 heavy (non-hydrogen) atoms. The third-order valence-corrected chi connectivity index (χ3v) is 4.13. The SMILES string of the molecule is O=C(NCCNC(=O)c1ccc(F)cc1F)c1ccc(-c2ccccc2)cc1. The van der Waals surface area contributed by atoms with Crippen LogP contribution in [0.25, 0.3) is 11.1 Å². The van der Waals surface area contributed by atoms with Crippen molar-refractivity contribution in [3.05, 3.63) is 95.6 Å². The first kappa shape index (κ1) is 19.2. The van der Waals surface area contributed by atoms with Crippen molar-refractivity contribution in [1.82, 2.24) is 10.6 Å². The largest absolute Gasteiger partial charge is 0.350 e. The number of nitrogens with one attached hydrogen (secondary N) is 2. The van der Waals surface area contributed by atoms with E-state index in [4.69, 9.17) is 0 Å². The quantitative estimate of drug-likeness (QED) is 0.639. The Morgan fingerprint density at radius 3 is 1.96 bits per heavy atom. The molecule has 4 nitrogen and oxygen atoms in total. The minimum atomic E-state index is -0.931. The molecule has 142 valence electrons. The van der Waals surface area contributed by atoms with Crippen molar-refractivity contribution in [2.75, 3.05) is 13.1 Å². The van der Waals surface area contributed by atoms with Crippen LogP contribution in [0.4, 0.5) is 8.78 Å². The van der Waals surface area contributed by atoms with Gasteiger partial charge in [0.2, 0.25) is 0 Å². The van der Waals surface area contributed by atoms with Gasteiger partial charge in [0.25, 0.3) is 11.8 Å². The third kappa shape index (κ3) is 4.79. The molecule has 3 aromatic carbocycles. The van der Waals surface area contributed by atoms with Crippen LogP contribution in [-0.4, -0.2) is 24.9 Å². The van der Waals surface area contributed by atoms with Gasteiger partial charge in [-0.1, -0.05) is 42.5 Å². The number of amides is 2. The van der Waals surface area contributed by atoms with Gasteiger partial charge in [-0.25, -0.2) is 8.78 Å². The number of benzene rings is 3. The van der Waals surface area contributed by atoms with Crippen molar-refractivity contribution in [2.24, 2.45) is 0 Å². The van der Waals surface area contributed by atoms with Crippen LogP contribution < -0.4 is 10.6 Å². The van der Waals surface area contributed by atoms with Crippen molar-refractivity contribution in [3.63, 3.8) is 0 Å². The molecule has 6 heteroatoms. The van der Waals surface area contributed by atoms with Crippen LogP contribution >= 0.6 is 0 Å². The molecule has 0 aliphatic carbocycles. The maximum atomic E-state index is 13.5. The second-order valence-corrected chi connectivity index (χ2v) is 6.08. The van der Waals surface area contributed by atoms with Crippen molar-refractivity contribution < 1.29 is 18.4 Å². The van der Waals surface area contributed by atoms with Gasteiger partial charge in [0.1, 0.15) is 11.6 Å². The molecule has 0 bridgehead atoms. The average Bonchev–Trinajstić information content (AvgIpc) is 2.71. The Morgan fingerprint density at radius 2 is 1.32 bits per heavy atom. The van der Waals surface area contributed by atoms with Crippen LogP contribution in [0.15, 0.2) is 72.8 Å². The molecule has 0 saturated carbocycles. The summed E-state index contributed by atoms with van der Waals surface area (Å²) in [6, 6.07) is 19.7. The number of halogens is 2. The lowest BCUT2D eigenvalue weighted by atomic mass is 10.0. The number of carbonyl (C=O) groups excluding carboxylic acids is 2. The van der Waals surface area contributed by atoms with E-state index in [0.29, 0.717) is 11.6 Å². The van der Waals surface area contributed by atoms with Crippen LogP contribution in [0.3, 0.4) is 0 Å². The Morgan fingerprint density at radius 1 is 0.714 bits per heavy atom. The predicted octanol–water partition coefficient (Wildman–Crippen LogP) is 3.79. The van der Waals surface area contributed by atoms with Gasteiger partial charge < -0.3 is 10.6 Å². The fraction of sp³-hybridized carbons (Fsp3) is 0.0909. The van der Waals surface area contributed by atoms with Crippen LogP contribution in [0, 0.1) is 11.6 Å². The molecule has 0 atom stereocenters. The molecular weight excluding hydrogens is 362 g/mol. The number of hydrogen-bond acceptors (Lipinski definition) is 2. The van der Waals surface area contributed by atoms with E-state index in [1.54, 1.807) is 12.1 Å². The van der Waals surface area contributed by atoms with E-state index in [2.05, 4.69) is 10.6 Å². The Hall–Kier alpha value is -3.54. The van der Waals surface area contributed by atoms with Gasteiger partial charge in [0, 0.05) is 24.7 Å². The Bertz CT molecular complexity index is 974. The summed E-state index contributed by atoms with van der Waals surface area (Å²) in [5, 5.41) is 5.16. The summed E-state index contributed by atoms with van der Waals surface area (Å²) in [4.78, 5) is 24.1. The fourth-order valence-corrected chi connectivity index (χ4v) is 2.67. The molecule has 3 rings (SSSR count). The van der Waals surface area contributed by atoms with E-state index >= 15 is 0 Å². The highest BCUT2D eigenvalue weighted by molar-refractivity contribution is 5.95. The highest BCUT2D eigenvalue weighted by Crippen LogP contribution is 2.19. The molecular formula is C22H18F2N2O2. The normalized spacial score (nSPS) is 10.4. The molecule has 0 saturated heterocycles. The first-order valence-corrected chi connectivity index (χ1v) is 8.71. The summed E-state index contributed by atoms with van der Waals surface area (Å²) in [7, 11) is 0. The van der Waals surface area contributed by atoms with Gasteiger partial charge >= 0.3 is 0 Å².